The van der Waals surface area contributed by atoms with E-state index in [0.29, 0.717) is 23.0 Å². The number of hydrogen-bond donors (Lipinski definition) is 0. The Bertz CT molecular complexity index is 1470. The SMILES string of the molecule is COc1ccc(-c2cc(=Nc3ccc(OCc4ccccc4)cc3)c3cc(Cl)ccc3o2)cc1. The van der Waals surface area contributed by atoms with Crippen molar-refractivity contribution in [2.45, 2.75) is 6.61 Å². The zero-order chi connectivity index (χ0) is 23.3. The summed E-state index contributed by atoms with van der Waals surface area (Å²) in [7, 11) is 1.65. The highest BCUT2D eigenvalue weighted by Gasteiger charge is 2.08. The molecule has 34 heavy (non-hydrogen) atoms. The lowest BCUT2D eigenvalue weighted by Crippen LogP contribution is -2.03. The number of benzene rings is 4. The molecule has 1 aromatic heterocycles. The Kier molecular flexibility index (Phi) is 6.32. The van der Waals surface area contributed by atoms with Gasteiger partial charge in [-0.25, -0.2) is 4.99 Å². The first-order chi connectivity index (χ1) is 16.7. The van der Waals surface area contributed by atoms with E-state index in [4.69, 9.17) is 30.5 Å². The van der Waals surface area contributed by atoms with Crippen LogP contribution in [0.5, 0.6) is 11.5 Å². The lowest BCUT2D eigenvalue weighted by Gasteiger charge is -2.07. The molecule has 0 N–H and O–H groups in total. The van der Waals surface area contributed by atoms with Gasteiger partial charge < -0.3 is 13.9 Å². The molecule has 0 aliphatic heterocycles. The van der Waals surface area contributed by atoms with Gasteiger partial charge in [0.05, 0.1) is 18.2 Å². The standard InChI is InChI=1S/C29H22ClNO3/c1-32-24-12-7-21(8-13-24)29-18-27(26-17-22(30)9-16-28(26)34-29)31-23-10-14-25(15-11-23)33-19-20-5-3-2-4-6-20/h2-18H,19H2,1H3. The predicted molar refractivity (Wildman–Crippen MR) is 136 cm³/mol. The summed E-state index contributed by atoms with van der Waals surface area (Å²) in [6, 6.07) is 33.0. The van der Waals surface area contributed by atoms with E-state index < -0.39 is 0 Å². The molecule has 0 bridgehead atoms. The van der Waals surface area contributed by atoms with E-state index in [1.54, 1.807) is 7.11 Å². The maximum Gasteiger partial charge on any atom is 0.136 e. The zero-order valence-corrected chi connectivity index (χ0v) is 19.3. The van der Waals surface area contributed by atoms with E-state index >= 15 is 0 Å². The summed E-state index contributed by atoms with van der Waals surface area (Å²) < 4.78 is 17.3. The van der Waals surface area contributed by atoms with Crippen LogP contribution in [-0.4, -0.2) is 7.11 Å². The molecule has 0 fully saturated rings. The average Bonchev–Trinajstić information content (AvgIpc) is 2.89. The Balaban J connectivity index is 1.49. The summed E-state index contributed by atoms with van der Waals surface area (Å²) in [6.07, 6.45) is 0. The Labute approximate surface area is 202 Å². The highest BCUT2D eigenvalue weighted by molar-refractivity contribution is 6.31. The van der Waals surface area contributed by atoms with Crippen LogP contribution in [0.1, 0.15) is 5.56 Å². The Morgan fingerprint density at radius 1 is 0.794 bits per heavy atom. The quantitative estimate of drug-likeness (QED) is 0.258. The molecule has 0 aliphatic carbocycles. The molecular weight excluding hydrogens is 446 g/mol. The molecular formula is C29H22ClNO3. The molecule has 0 amide bonds. The van der Waals surface area contributed by atoms with Crippen molar-refractivity contribution < 1.29 is 13.9 Å². The van der Waals surface area contributed by atoms with Gasteiger partial charge in [0.15, 0.2) is 0 Å². The zero-order valence-electron chi connectivity index (χ0n) is 18.6. The van der Waals surface area contributed by atoms with Crippen LogP contribution in [0.25, 0.3) is 22.3 Å². The van der Waals surface area contributed by atoms with Gasteiger partial charge in [-0.3, -0.25) is 0 Å². The number of ether oxygens (including phenoxy) is 2. The molecule has 5 rings (SSSR count). The molecule has 5 aromatic rings. The maximum atomic E-state index is 6.28. The minimum atomic E-state index is 0.520. The van der Waals surface area contributed by atoms with Crippen molar-refractivity contribution in [3.63, 3.8) is 0 Å². The normalized spacial score (nSPS) is 11.5. The van der Waals surface area contributed by atoms with Crippen LogP contribution in [0.15, 0.2) is 113 Å². The third kappa shape index (κ3) is 4.98. The summed E-state index contributed by atoms with van der Waals surface area (Å²) in [5.74, 6) is 2.28. The summed E-state index contributed by atoms with van der Waals surface area (Å²) in [5, 5.41) is 2.24. The van der Waals surface area contributed by atoms with Crippen LogP contribution in [0.3, 0.4) is 0 Å². The lowest BCUT2D eigenvalue weighted by molar-refractivity contribution is 0.306. The molecule has 0 radical (unpaired) electrons. The number of methoxy groups -OCH3 is 1. The molecule has 0 spiro atoms. The summed E-state index contributed by atoms with van der Waals surface area (Å²) in [4.78, 5) is 4.89. The second kappa shape index (κ2) is 9.86. The van der Waals surface area contributed by atoms with Crippen molar-refractivity contribution in [3.05, 3.63) is 119 Å². The lowest BCUT2D eigenvalue weighted by atomic mass is 10.1. The Morgan fingerprint density at radius 3 is 2.26 bits per heavy atom. The third-order valence-electron chi connectivity index (χ3n) is 5.41. The minimum Gasteiger partial charge on any atom is -0.497 e. The fraction of sp³-hybridized carbons (Fsp3) is 0.0690. The van der Waals surface area contributed by atoms with E-state index in [2.05, 4.69) is 0 Å². The summed E-state index contributed by atoms with van der Waals surface area (Å²) >= 11 is 6.28. The van der Waals surface area contributed by atoms with E-state index in [1.807, 2.05) is 103 Å². The number of fused-ring (bicyclic) bond motifs is 1. The fourth-order valence-corrected chi connectivity index (χ4v) is 3.80. The minimum absolute atomic E-state index is 0.520. The van der Waals surface area contributed by atoms with E-state index in [0.717, 1.165) is 39.1 Å². The van der Waals surface area contributed by atoms with Crippen molar-refractivity contribution in [3.8, 4) is 22.8 Å². The Morgan fingerprint density at radius 2 is 1.53 bits per heavy atom. The van der Waals surface area contributed by atoms with Gasteiger partial charge in [-0.1, -0.05) is 41.9 Å². The van der Waals surface area contributed by atoms with Crippen molar-refractivity contribution in [2.24, 2.45) is 4.99 Å². The van der Waals surface area contributed by atoms with Crippen molar-refractivity contribution >= 4 is 28.3 Å². The number of hydrogen-bond acceptors (Lipinski definition) is 4. The monoisotopic (exact) mass is 467 g/mol. The van der Waals surface area contributed by atoms with Gasteiger partial charge in [-0.15, -0.1) is 0 Å². The first-order valence-corrected chi connectivity index (χ1v) is 11.2. The van der Waals surface area contributed by atoms with Crippen LogP contribution in [0.4, 0.5) is 5.69 Å². The molecule has 1 heterocycles. The van der Waals surface area contributed by atoms with Crippen molar-refractivity contribution in [1.29, 1.82) is 0 Å². The van der Waals surface area contributed by atoms with Crippen molar-refractivity contribution in [1.82, 2.24) is 0 Å². The van der Waals surface area contributed by atoms with Gasteiger partial charge in [-0.05, 0) is 72.3 Å². The van der Waals surface area contributed by atoms with Gasteiger partial charge in [0, 0.05) is 22.0 Å². The predicted octanol–water partition coefficient (Wildman–Crippen LogP) is 7.57. The van der Waals surface area contributed by atoms with Gasteiger partial charge in [0.25, 0.3) is 0 Å². The molecule has 4 nitrogen and oxygen atoms in total. The Hall–Kier alpha value is -4.02. The molecule has 0 saturated carbocycles. The maximum absolute atomic E-state index is 6.28. The fourth-order valence-electron chi connectivity index (χ4n) is 3.63. The van der Waals surface area contributed by atoms with Gasteiger partial charge >= 0.3 is 0 Å². The van der Waals surface area contributed by atoms with Crippen LogP contribution in [0, 0.1) is 0 Å². The second-order valence-electron chi connectivity index (χ2n) is 7.74. The summed E-state index contributed by atoms with van der Waals surface area (Å²) in [6.45, 7) is 0.520. The van der Waals surface area contributed by atoms with Crippen LogP contribution >= 0.6 is 11.6 Å². The molecule has 4 aromatic carbocycles. The van der Waals surface area contributed by atoms with Crippen LogP contribution < -0.4 is 14.8 Å². The molecule has 0 atom stereocenters. The molecule has 0 aliphatic rings. The van der Waals surface area contributed by atoms with E-state index in [9.17, 15) is 0 Å². The van der Waals surface area contributed by atoms with E-state index in [1.165, 1.54) is 0 Å². The number of halogens is 1. The van der Waals surface area contributed by atoms with Gasteiger partial charge in [0.2, 0.25) is 0 Å². The topological polar surface area (TPSA) is 44.0 Å². The number of rotatable bonds is 6. The van der Waals surface area contributed by atoms with E-state index in [-0.39, 0.29) is 0 Å². The average molecular weight is 468 g/mol. The smallest absolute Gasteiger partial charge is 0.136 e. The van der Waals surface area contributed by atoms with Gasteiger partial charge in [0.1, 0.15) is 29.4 Å². The van der Waals surface area contributed by atoms with Gasteiger partial charge in [-0.2, -0.15) is 0 Å². The second-order valence-corrected chi connectivity index (χ2v) is 8.18. The highest BCUT2D eigenvalue weighted by atomic mass is 35.5. The largest absolute Gasteiger partial charge is 0.497 e. The van der Waals surface area contributed by atoms with Crippen LogP contribution in [-0.2, 0) is 6.61 Å². The first-order valence-electron chi connectivity index (χ1n) is 10.9. The van der Waals surface area contributed by atoms with Crippen LogP contribution in [0.2, 0.25) is 5.02 Å². The first kappa shape index (κ1) is 21.8. The number of nitrogens with zero attached hydrogens (tertiary/aromatic N) is 1. The molecule has 0 unspecified atom stereocenters. The molecule has 0 saturated heterocycles. The highest BCUT2D eigenvalue weighted by Crippen LogP contribution is 2.26. The third-order valence-corrected chi connectivity index (χ3v) is 5.65. The molecule has 168 valence electrons. The van der Waals surface area contributed by atoms with Crippen molar-refractivity contribution in [2.75, 3.05) is 7.11 Å². The molecule has 5 heteroatoms. The summed E-state index contributed by atoms with van der Waals surface area (Å²) in [5.41, 5.74) is 3.57.